The smallest absolute Gasteiger partial charge is 0.344 e. The van der Waals surface area contributed by atoms with Crippen LogP contribution in [-0.4, -0.2) is 19.7 Å². The van der Waals surface area contributed by atoms with Crippen molar-refractivity contribution in [2.75, 3.05) is 13.7 Å². The van der Waals surface area contributed by atoms with Crippen LogP contribution in [0.3, 0.4) is 0 Å². The molecule has 2 aromatic carbocycles. The second-order valence-corrected chi connectivity index (χ2v) is 4.44. The topological polar surface area (TPSA) is 68.6 Å². The third-order valence-corrected chi connectivity index (χ3v) is 2.87. The number of esters is 1. The first-order valence-electron chi connectivity index (χ1n) is 6.63. The third-order valence-electron chi connectivity index (χ3n) is 2.87. The molecule has 5 nitrogen and oxygen atoms in total. The zero-order chi connectivity index (χ0) is 15.8. The van der Waals surface area contributed by atoms with Gasteiger partial charge in [-0.2, -0.15) is 5.26 Å². The molecule has 0 aromatic heterocycles. The van der Waals surface area contributed by atoms with E-state index in [-0.39, 0.29) is 13.2 Å². The molecule has 0 aliphatic rings. The molecule has 2 rings (SSSR count). The fraction of sp³-hybridized carbons (Fsp3) is 0.176. The van der Waals surface area contributed by atoms with Crippen molar-refractivity contribution in [3.63, 3.8) is 0 Å². The number of methoxy groups -OCH3 is 1. The fourth-order valence-electron chi connectivity index (χ4n) is 1.74. The highest BCUT2D eigenvalue weighted by molar-refractivity contribution is 5.71. The standard InChI is InChI=1S/C17H15NO4/c1-20-16-4-2-3-14(9-16)11-22-17(19)12-21-15-7-5-13(10-18)6-8-15/h2-9H,11-12H2,1H3. The summed E-state index contributed by atoms with van der Waals surface area (Å²) in [5.74, 6) is 0.756. The van der Waals surface area contributed by atoms with E-state index in [2.05, 4.69) is 0 Å². The maximum atomic E-state index is 11.6. The SMILES string of the molecule is COc1cccc(COC(=O)COc2ccc(C#N)cc2)c1. The second-order valence-electron chi connectivity index (χ2n) is 4.44. The zero-order valence-electron chi connectivity index (χ0n) is 12.1. The van der Waals surface area contributed by atoms with Crippen LogP contribution in [0.4, 0.5) is 0 Å². The number of nitriles is 1. The number of carbonyl (C=O) groups excluding carboxylic acids is 1. The Hall–Kier alpha value is -3.00. The summed E-state index contributed by atoms with van der Waals surface area (Å²) in [5, 5.41) is 8.69. The molecular formula is C17H15NO4. The van der Waals surface area contributed by atoms with Gasteiger partial charge in [-0.15, -0.1) is 0 Å². The molecule has 5 heteroatoms. The van der Waals surface area contributed by atoms with E-state index >= 15 is 0 Å². The lowest BCUT2D eigenvalue weighted by atomic mass is 10.2. The van der Waals surface area contributed by atoms with E-state index in [1.807, 2.05) is 24.3 Å². The van der Waals surface area contributed by atoms with Crippen LogP contribution in [0.15, 0.2) is 48.5 Å². The highest BCUT2D eigenvalue weighted by atomic mass is 16.6. The van der Waals surface area contributed by atoms with Crippen LogP contribution in [0.1, 0.15) is 11.1 Å². The van der Waals surface area contributed by atoms with Crippen LogP contribution < -0.4 is 9.47 Å². The highest BCUT2D eigenvalue weighted by Gasteiger charge is 2.05. The maximum absolute atomic E-state index is 11.6. The molecule has 0 unspecified atom stereocenters. The summed E-state index contributed by atoms with van der Waals surface area (Å²) < 4.78 is 15.5. The van der Waals surface area contributed by atoms with Crippen LogP contribution >= 0.6 is 0 Å². The molecule has 0 aliphatic heterocycles. The molecule has 0 N–H and O–H groups in total. The van der Waals surface area contributed by atoms with Crippen LogP contribution in [0, 0.1) is 11.3 Å². The van der Waals surface area contributed by atoms with Crippen molar-refractivity contribution in [2.45, 2.75) is 6.61 Å². The number of carbonyl (C=O) groups is 1. The lowest BCUT2D eigenvalue weighted by molar-refractivity contribution is -0.147. The van der Waals surface area contributed by atoms with E-state index in [9.17, 15) is 4.79 Å². The van der Waals surface area contributed by atoms with Crippen LogP contribution in [0.2, 0.25) is 0 Å². The van der Waals surface area contributed by atoms with E-state index in [4.69, 9.17) is 19.5 Å². The number of ether oxygens (including phenoxy) is 3. The Balaban J connectivity index is 1.79. The Morgan fingerprint density at radius 1 is 1.14 bits per heavy atom. The summed E-state index contributed by atoms with van der Waals surface area (Å²) in [6.07, 6.45) is 0. The van der Waals surface area contributed by atoms with Gasteiger partial charge in [0.15, 0.2) is 6.61 Å². The number of hydrogen-bond donors (Lipinski definition) is 0. The van der Waals surface area contributed by atoms with E-state index in [0.29, 0.717) is 17.1 Å². The van der Waals surface area contributed by atoms with Crippen molar-refractivity contribution < 1.29 is 19.0 Å². The van der Waals surface area contributed by atoms with Gasteiger partial charge in [0, 0.05) is 0 Å². The van der Waals surface area contributed by atoms with Crippen molar-refractivity contribution in [2.24, 2.45) is 0 Å². The molecule has 0 saturated carbocycles. The van der Waals surface area contributed by atoms with E-state index < -0.39 is 5.97 Å². The summed E-state index contributed by atoms with van der Waals surface area (Å²) in [6.45, 7) is -0.0252. The zero-order valence-corrected chi connectivity index (χ0v) is 12.1. The molecule has 0 bridgehead atoms. The minimum atomic E-state index is -0.466. The fourth-order valence-corrected chi connectivity index (χ4v) is 1.74. The molecule has 0 radical (unpaired) electrons. The average molecular weight is 297 g/mol. The van der Waals surface area contributed by atoms with Gasteiger partial charge in [-0.25, -0.2) is 4.79 Å². The third kappa shape index (κ3) is 4.53. The lowest BCUT2D eigenvalue weighted by Gasteiger charge is -2.08. The second kappa shape index (κ2) is 7.70. The Labute approximate surface area is 128 Å². The molecule has 0 atom stereocenters. The van der Waals surface area contributed by atoms with Crippen molar-refractivity contribution in [1.82, 2.24) is 0 Å². The van der Waals surface area contributed by atoms with Crippen molar-refractivity contribution in [3.8, 4) is 17.6 Å². The number of rotatable bonds is 6. The summed E-state index contributed by atoms with van der Waals surface area (Å²) in [5.41, 5.74) is 1.37. The minimum absolute atomic E-state index is 0.159. The van der Waals surface area contributed by atoms with Gasteiger partial charge in [-0.1, -0.05) is 12.1 Å². The summed E-state index contributed by atoms with van der Waals surface area (Å²) in [7, 11) is 1.58. The van der Waals surface area contributed by atoms with Crippen LogP contribution in [-0.2, 0) is 16.1 Å². The minimum Gasteiger partial charge on any atom is -0.497 e. The molecule has 0 saturated heterocycles. The predicted octanol–water partition coefficient (Wildman–Crippen LogP) is 2.69. The normalized spacial score (nSPS) is 9.64. The van der Waals surface area contributed by atoms with Gasteiger partial charge in [0.05, 0.1) is 18.7 Å². The molecule has 2 aromatic rings. The highest BCUT2D eigenvalue weighted by Crippen LogP contribution is 2.14. The first-order chi connectivity index (χ1) is 10.7. The van der Waals surface area contributed by atoms with Gasteiger partial charge in [0.2, 0.25) is 0 Å². The van der Waals surface area contributed by atoms with E-state index in [1.165, 1.54) is 0 Å². The maximum Gasteiger partial charge on any atom is 0.344 e. The predicted molar refractivity (Wildman–Crippen MR) is 79.4 cm³/mol. The molecule has 0 aliphatic carbocycles. The largest absolute Gasteiger partial charge is 0.497 e. The van der Waals surface area contributed by atoms with Gasteiger partial charge < -0.3 is 14.2 Å². The summed E-state index contributed by atoms with van der Waals surface area (Å²) >= 11 is 0. The quantitative estimate of drug-likeness (QED) is 0.767. The monoisotopic (exact) mass is 297 g/mol. The summed E-state index contributed by atoms with van der Waals surface area (Å²) in [6, 6.07) is 15.8. The molecule has 22 heavy (non-hydrogen) atoms. The van der Waals surface area contributed by atoms with Gasteiger partial charge in [0.25, 0.3) is 0 Å². The first-order valence-corrected chi connectivity index (χ1v) is 6.63. The molecule has 0 heterocycles. The van der Waals surface area contributed by atoms with Gasteiger partial charge in [-0.05, 0) is 42.0 Å². The number of hydrogen-bond acceptors (Lipinski definition) is 5. The van der Waals surface area contributed by atoms with Crippen molar-refractivity contribution in [3.05, 3.63) is 59.7 Å². The van der Waals surface area contributed by atoms with Crippen LogP contribution in [0.5, 0.6) is 11.5 Å². The molecule has 0 spiro atoms. The Kier molecular flexibility index (Phi) is 5.38. The average Bonchev–Trinajstić information content (AvgIpc) is 2.58. The van der Waals surface area contributed by atoms with Gasteiger partial charge in [0.1, 0.15) is 18.1 Å². The van der Waals surface area contributed by atoms with Crippen LogP contribution in [0.25, 0.3) is 0 Å². The lowest BCUT2D eigenvalue weighted by Crippen LogP contribution is -2.14. The van der Waals surface area contributed by atoms with Gasteiger partial charge in [-0.3, -0.25) is 0 Å². The molecular weight excluding hydrogens is 282 g/mol. The Morgan fingerprint density at radius 3 is 2.59 bits per heavy atom. The van der Waals surface area contributed by atoms with Crippen molar-refractivity contribution in [1.29, 1.82) is 5.26 Å². The van der Waals surface area contributed by atoms with E-state index in [1.54, 1.807) is 37.4 Å². The first kappa shape index (κ1) is 15.4. The van der Waals surface area contributed by atoms with Gasteiger partial charge >= 0.3 is 5.97 Å². The summed E-state index contributed by atoms with van der Waals surface area (Å²) in [4.78, 5) is 11.6. The number of nitrogens with zero attached hydrogens (tertiary/aromatic N) is 1. The molecule has 0 amide bonds. The van der Waals surface area contributed by atoms with E-state index in [0.717, 1.165) is 5.56 Å². The molecule has 0 fully saturated rings. The Bertz CT molecular complexity index is 674. The Morgan fingerprint density at radius 2 is 1.91 bits per heavy atom. The number of benzene rings is 2. The molecule has 112 valence electrons. The van der Waals surface area contributed by atoms with Crippen molar-refractivity contribution >= 4 is 5.97 Å².